The van der Waals surface area contributed by atoms with Crippen molar-refractivity contribution in [2.75, 3.05) is 37.7 Å². The highest BCUT2D eigenvalue weighted by Gasteiger charge is 2.38. The van der Waals surface area contributed by atoms with E-state index in [9.17, 15) is 4.57 Å². The average molecular weight is 338 g/mol. The van der Waals surface area contributed by atoms with E-state index in [0.717, 1.165) is 26.2 Å². The molecule has 1 aliphatic rings. The number of para-hydroxylation sites is 1. The molecule has 0 radical (unpaired) electrons. The maximum atomic E-state index is 13.4. The molecule has 23 heavy (non-hydrogen) atoms. The summed E-state index contributed by atoms with van der Waals surface area (Å²) in [5.41, 5.74) is 1.28. The lowest BCUT2D eigenvalue weighted by Gasteiger charge is -2.41. The molecule has 0 aromatic heterocycles. The molecule has 1 aromatic rings. The molecule has 1 fully saturated rings. The van der Waals surface area contributed by atoms with E-state index < -0.39 is 7.52 Å². The molecule has 2 rings (SSSR count). The van der Waals surface area contributed by atoms with Gasteiger partial charge in [0.25, 0.3) is 7.52 Å². The second kappa shape index (κ2) is 7.38. The van der Waals surface area contributed by atoms with Crippen LogP contribution in [0, 0.1) is 5.41 Å². The van der Waals surface area contributed by atoms with Gasteiger partial charge in [-0.15, -0.1) is 0 Å². The van der Waals surface area contributed by atoms with Crippen LogP contribution in [0.25, 0.3) is 0 Å². The van der Waals surface area contributed by atoms with Crippen molar-refractivity contribution in [3.05, 3.63) is 30.3 Å². The third kappa shape index (κ3) is 4.82. The van der Waals surface area contributed by atoms with Gasteiger partial charge >= 0.3 is 0 Å². The van der Waals surface area contributed by atoms with Crippen molar-refractivity contribution in [2.45, 2.75) is 40.3 Å². The van der Waals surface area contributed by atoms with Crippen LogP contribution in [0.3, 0.4) is 0 Å². The fraction of sp³-hybridized carbons (Fsp3) is 0.667. The minimum absolute atomic E-state index is 0.0214. The summed E-state index contributed by atoms with van der Waals surface area (Å²) in [6.45, 7) is 14.2. The quantitative estimate of drug-likeness (QED) is 0.742. The molecule has 1 heterocycles. The van der Waals surface area contributed by atoms with Crippen LogP contribution < -0.4 is 4.90 Å². The standard InChI is InChI=1S/C18H31N2O2P/c1-16(2)23(21,22-15-18(3,4)5)20-13-11-19(12-14-20)17-9-7-6-8-10-17/h6-10,16H,11-15H2,1-5H3. The molecule has 0 saturated carbocycles. The van der Waals surface area contributed by atoms with Crippen LogP contribution in [0.4, 0.5) is 5.69 Å². The summed E-state index contributed by atoms with van der Waals surface area (Å²) in [5.74, 6) is 0. The first kappa shape index (κ1) is 18.5. The number of nitrogens with zero attached hydrogens (tertiary/aromatic N) is 2. The SMILES string of the molecule is CC(C)P(=O)(OCC(C)(C)C)N1CCN(c2ccccc2)CC1. The predicted molar refractivity (Wildman–Crippen MR) is 98.4 cm³/mol. The van der Waals surface area contributed by atoms with E-state index in [1.165, 1.54) is 5.69 Å². The highest BCUT2D eigenvalue weighted by Crippen LogP contribution is 2.56. The van der Waals surface area contributed by atoms with Crippen LogP contribution in [0.2, 0.25) is 0 Å². The van der Waals surface area contributed by atoms with Gasteiger partial charge in [-0.25, -0.2) is 4.67 Å². The van der Waals surface area contributed by atoms with Gasteiger partial charge in [0.1, 0.15) is 0 Å². The topological polar surface area (TPSA) is 32.8 Å². The zero-order valence-corrected chi connectivity index (χ0v) is 16.1. The molecule has 0 aliphatic carbocycles. The average Bonchev–Trinajstić information content (AvgIpc) is 2.53. The Morgan fingerprint density at radius 1 is 1.09 bits per heavy atom. The molecular weight excluding hydrogens is 307 g/mol. The molecule has 1 atom stereocenters. The maximum Gasteiger partial charge on any atom is 0.274 e. The Labute approximate surface area is 141 Å². The Kier molecular flexibility index (Phi) is 5.94. The second-order valence-corrected chi connectivity index (χ2v) is 10.8. The summed E-state index contributed by atoms with van der Waals surface area (Å²) >= 11 is 0. The zero-order chi connectivity index (χ0) is 17.1. The summed E-state index contributed by atoms with van der Waals surface area (Å²) in [6, 6.07) is 10.4. The third-order valence-corrected chi connectivity index (χ3v) is 7.10. The number of hydrogen-bond acceptors (Lipinski definition) is 3. The number of benzene rings is 1. The van der Waals surface area contributed by atoms with Crippen LogP contribution in [-0.4, -0.2) is 43.1 Å². The number of anilines is 1. The Morgan fingerprint density at radius 3 is 2.13 bits per heavy atom. The van der Waals surface area contributed by atoms with Gasteiger partial charge in [-0.05, 0) is 17.5 Å². The lowest BCUT2D eigenvalue weighted by molar-refractivity contribution is 0.172. The molecule has 4 nitrogen and oxygen atoms in total. The Balaban J connectivity index is 2.02. The van der Waals surface area contributed by atoms with Gasteiger partial charge in [0, 0.05) is 37.5 Å². The summed E-state index contributed by atoms with van der Waals surface area (Å²) in [4.78, 5) is 2.35. The number of rotatable bonds is 5. The smallest absolute Gasteiger partial charge is 0.274 e. The molecule has 0 amide bonds. The lowest BCUT2D eigenvalue weighted by atomic mass is 9.99. The molecule has 0 N–H and O–H groups in total. The van der Waals surface area contributed by atoms with Crippen LogP contribution in [0.1, 0.15) is 34.6 Å². The summed E-state index contributed by atoms with van der Waals surface area (Å²) in [7, 11) is -2.77. The Hall–Kier alpha value is -0.830. The van der Waals surface area contributed by atoms with Gasteiger partial charge in [0.05, 0.1) is 6.61 Å². The Morgan fingerprint density at radius 2 is 1.65 bits per heavy atom. The molecule has 0 spiro atoms. The first-order valence-electron chi connectivity index (χ1n) is 8.52. The van der Waals surface area contributed by atoms with E-state index in [1.54, 1.807) is 0 Å². The first-order chi connectivity index (χ1) is 10.7. The number of hydrogen-bond donors (Lipinski definition) is 0. The van der Waals surface area contributed by atoms with Gasteiger partial charge in [-0.2, -0.15) is 0 Å². The largest absolute Gasteiger partial charge is 0.369 e. The fourth-order valence-corrected chi connectivity index (χ4v) is 5.14. The van der Waals surface area contributed by atoms with Crippen molar-refractivity contribution < 1.29 is 9.09 Å². The third-order valence-electron chi connectivity index (χ3n) is 4.11. The van der Waals surface area contributed by atoms with E-state index in [1.807, 2.05) is 19.9 Å². The summed E-state index contributed by atoms with van der Waals surface area (Å²) in [5, 5.41) is 0. The van der Waals surface area contributed by atoms with Gasteiger partial charge < -0.3 is 9.42 Å². The van der Waals surface area contributed by atoms with Crippen LogP contribution >= 0.6 is 7.52 Å². The molecule has 5 heteroatoms. The van der Waals surface area contributed by atoms with Crippen molar-refractivity contribution >= 4 is 13.2 Å². The summed E-state index contributed by atoms with van der Waals surface area (Å²) in [6.07, 6.45) is 0. The molecule has 0 bridgehead atoms. The van der Waals surface area contributed by atoms with Gasteiger partial charge in [0.15, 0.2) is 0 Å². The maximum absolute atomic E-state index is 13.4. The molecule has 1 aromatic carbocycles. The van der Waals surface area contributed by atoms with Crippen molar-refractivity contribution in [1.82, 2.24) is 4.67 Å². The van der Waals surface area contributed by atoms with E-state index >= 15 is 0 Å². The minimum atomic E-state index is -2.77. The van der Waals surface area contributed by atoms with Crippen molar-refractivity contribution in [3.8, 4) is 0 Å². The lowest BCUT2D eigenvalue weighted by Crippen LogP contribution is -2.46. The van der Waals surface area contributed by atoms with Crippen LogP contribution in [-0.2, 0) is 9.09 Å². The highest BCUT2D eigenvalue weighted by molar-refractivity contribution is 7.57. The van der Waals surface area contributed by atoms with Gasteiger partial charge in [-0.1, -0.05) is 52.8 Å². The molecular formula is C18H31N2O2P. The monoisotopic (exact) mass is 338 g/mol. The normalized spacial score (nSPS) is 19.8. The van der Waals surface area contributed by atoms with Crippen molar-refractivity contribution in [3.63, 3.8) is 0 Å². The Bertz CT molecular complexity index is 532. The highest BCUT2D eigenvalue weighted by atomic mass is 31.2. The predicted octanol–water partition coefficient (Wildman–Crippen LogP) is 4.47. The zero-order valence-electron chi connectivity index (χ0n) is 15.2. The molecule has 1 unspecified atom stereocenters. The molecule has 1 aliphatic heterocycles. The second-order valence-electron chi connectivity index (χ2n) is 7.77. The summed E-state index contributed by atoms with van der Waals surface area (Å²) < 4.78 is 21.5. The fourth-order valence-electron chi connectivity index (χ4n) is 2.72. The molecule has 130 valence electrons. The van der Waals surface area contributed by atoms with Gasteiger partial charge in [-0.3, -0.25) is 4.57 Å². The molecule has 1 saturated heterocycles. The van der Waals surface area contributed by atoms with Crippen molar-refractivity contribution in [2.24, 2.45) is 5.41 Å². The van der Waals surface area contributed by atoms with E-state index in [4.69, 9.17) is 4.52 Å². The van der Waals surface area contributed by atoms with Crippen LogP contribution in [0.15, 0.2) is 30.3 Å². The first-order valence-corrected chi connectivity index (χ1v) is 10.2. The van der Waals surface area contributed by atoms with Crippen LogP contribution in [0.5, 0.6) is 0 Å². The number of piperazine rings is 1. The van der Waals surface area contributed by atoms with E-state index in [0.29, 0.717) is 6.61 Å². The van der Waals surface area contributed by atoms with Crippen molar-refractivity contribution in [1.29, 1.82) is 0 Å². The minimum Gasteiger partial charge on any atom is -0.369 e. The van der Waals surface area contributed by atoms with E-state index in [2.05, 4.69) is 54.6 Å². The van der Waals surface area contributed by atoms with Gasteiger partial charge in [0.2, 0.25) is 0 Å². The van der Waals surface area contributed by atoms with E-state index in [-0.39, 0.29) is 11.1 Å².